The maximum Gasteiger partial charge on any atom is 0.185 e. The van der Waals surface area contributed by atoms with Gasteiger partial charge in [0.15, 0.2) is 10.9 Å². The van der Waals surface area contributed by atoms with E-state index in [1.807, 2.05) is 25.2 Å². The molecule has 1 aromatic rings. The first-order valence-corrected chi connectivity index (χ1v) is 6.52. The summed E-state index contributed by atoms with van der Waals surface area (Å²) in [5, 5.41) is 4.31. The Morgan fingerprint density at radius 2 is 2.18 bits per heavy atom. The predicted molar refractivity (Wildman–Crippen MR) is 72.4 cm³/mol. The zero-order chi connectivity index (χ0) is 12.5. The van der Waals surface area contributed by atoms with Crippen LogP contribution in [0.1, 0.15) is 17.5 Å². The second kappa shape index (κ2) is 4.63. The number of hydrogen-bond donors (Lipinski definition) is 1. The molecular formula is C13H18N2OS. The van der Waals surface area contributed by atoms with Crippen molar-refractivity contribution in [3.63, 3.8) is 0 Å². The molecule has 0 bridgehead atoms. The number of hydrogen-bond acceptors (Lipinski definition) is 4. The molecule has 1 N–H and O–H groups in total. The highest BCUT2D eigenvalue weighted by atomic mass is 32.1. The van der Waals surface area contributed by atoms with Crippen molar-refractivity contribution in [3.8, 4) is 0 Å². The number of methoxy groups -OCH3 is 1. The molecule has 1 aliphatic rings. The molecule has 0 radical (unpaired) electrons. The summed E-state index contributed by atoms with van der Waals surface area (Å²) in [4.78, 5) is 5.74. The Labute approximate surface area is 106 Å². The molecule has 3 nitrogen and oxygen atoms in total. The number of ether oxygens (including phenoxy) is 1. The van der Waals surface area contributed by atoms with Crippen LogP contribution in [0.4, 0.5) is 5.13 Å². The minimum absolute atomic E-state index is 0.266. The Morgan fingerprint density at radius 3 is 2.71 bits per heavy atom. The molecule has 0 saturated heterocycles. The fraction of sp³-hybridized carbons (Fsp3) is 0.462. The van der Waals surface area contributed by atoms with Gasteiger partial charge in [0.1, 0.15) is 0 Å². The highest BCUT2D eigenvalue weighted by molar-refractivity contribution is 7.15. The van der Waals surface area contributed by atoms with Crippen LogP contribution in [0.25, 0.3) is 0 Å². The first kappa shape index (κ1) is 12.3. The number of aryl methyl sites for hydroxylation is 2. The van der Waals surface area contributed by atoms with Crippen LogP contribution in [-0.4, -0.2) is 17.8 Å². The lowest BCUT2D eigenvalue weighted by atomic mass is 9.93. The van der Waals surface area contributed by atoms with Crippen LogP contribution in [0.5, 0.6) is 0 Å². The van der Waals surface area contributed by atoms with Gasteiger partial charge in [-0.05, 0) is 19.9 Å². The summed E-state index contributed by atoms with van der Waals surface area (Å²) in [5.74, 6) is 0.266. The molecule has 2 unspecified atom stereocenters. The van der Waals surface area contributed by atoms with Crippen LogP contribution < -0.4 is 5.32 Å². The van der Waals surface area contributed by atoms with Gasteiger partial charge < -0.3 is 10.1 Å². The van der Waals surface area contributed by atoms with Gasteiger partial charge >= 0.3 is 0 Å². The third kappa shape index (κ3) is 2.28. The number of anilines is 1. The largest absolute Gasteiger partial charge is 0.355 e. The third-order valence-corrected chi connectivity index (χ3v) is 4.19. The van der Waals surface area contributed by atoms with Crippen LogP contribution >= 0.6 is 11.3 Å². The zero-order valence-electron chi connectivity index (χ0n) is 10.7. The number of thiazole rings is 1. The molecule has 0 amide bonds. The number of rotatable bonds is 3. The standard InChI is InChI=1S/C13H18N2OS/c1-9-7-5-6-8-13(9,16-4)15-12-14-10(2)11(3)17-12/h5-9H,1-4H3,(H,14,15). The Kier molecular flexibility index (Phi) is 3.35. The zero-order valence-corrected chi connectivity index (χ0v) is 11.5. The van der Waals surface area contributed by atoms with Crippen molar-refractivity contribution < 1.29 is 4.74 Å². The number of nitrogens with zero attached hydrogens (tertiary/aromatic N) is 1. The van der Waals surface area contributed by atoms with Crippen LogP contribution in [0.2, 0.25) is 0 Å². The van der Waals surface area contributed by atoms with E-state index in [-0.39, 0.29) is 5.92 Å². The molecule has 0 saturated carbocycles. The van der Waals surface area contributed by atoms with Gasteiger partial charge in [0.2, 0.25) is 0 Å². The highest BCUT2D eigenvalue weighted by Crippen LogP contribution is 2.32. The Morgan fingerprint density at radius 1 is 1.41 bits per heavy atom. The predicted octanol–water partition coefficient (Wildman–Crippen LogP) is 3.28. The summed E-state index contributed by atoms with van der Waals surface area (Å²) in [6.45, 7) is 6.23. The molecule has 4 heteroatoms. The van der Waals surface area contributed by atoms with E-state index in [4.69, 9.17) is 4.74 Å². The lowest BCUT2D eigenvalue weighted by Gasteiger charge is -2.35. The Balaban J connectivity index is 2.25. The van der Waals surface area contributed by atoms with Gasteiger partial charge in [-0.2, -0.15) is 0 Å². The number of nitrogens with one attached hydrogen (secondary N) is 1. The average molecular weight is 250 g/mol. The van der Waals surface area contributed by atoms with Crippen LogP contribution in [-0.2, 0) is 4.74 Å². The topological polar surface area (TPSA) is 34.1 Å². The second-order valence-corrected chi connectivity index (χ2v) is 5.52. The maximum absolute atomic E-state index is 5.66. The lowest BCUT2D eigenvalue weighted by molar-refractivity contribution is 0.0264. The summed E-state index contributed by atoms with van der Waals surface area (Å²) >= 11 is 1.66. The number of allylic oxidation sites excluding steroid dienone is 2. The van der Waals surface area contributed by atoms with Crippen molar-refractivity contribution >= 4 is 16.5 Å². The van der Waals surface area contributed by atoms with Gasteiger partial charge in [-0.1, -0.05) is 25.2 Å². The van der Waals surface area contributed by atoms with E-state index in [1.165, 1.54) is 4.88 Å². The second-order valence-electron chi connectivity index (χ2n) is 4.32. The molecule has 0 aliphatic heterocycles. The summed E-state index contributed by atoms with van der Waals surface area (Å²) in [7, 11) is 1.72. The SMILES string of the molecule is COC1(Nc2nc(C)c(C)s2)C=CC=CC1C. The molecule has 1 aromatic heterocycles. The molecule has 2 rings (SSSR count). The van der Waals surface area contributed by atoms with Crippen molar-refractivity contribution in [2.24, 2.45) is 5.92 Å². The minimum atomic E-state index is -0.481. The van der Waals surface area contributed by atoms with E-state index in [9.17, 15) is 0 Å². The van der Waals surface area contributed by atoms with Crippen LogP contribution in [0, 0.1) is 19.8 Å². The van der Waals surface area contributed by atoms with Crippen molar-refractivity contribution in [1.29, 1.82) is 0 Å². The van der Waals surface area contributed by atoms with Gasteiger partial charge in [0.05, 0.1) is 5.69 Å². The summed E-state index contributed by atoms with van der Waals surface area (Å²) in [6, 6.07) is 0. The first-order valence-electron chi connectivity index (χ1n) is 5.71. The third-order valence-electron chi connectivity index (χ3n) is 3.20. The maximum atomic E-state index is 5.66. The molecular weight excluding hydrogens is 232 g/mol. The Hall–Kier alpha value is -1.13. The van der Waals surface area contributed by atoms with Crippen molar-refractivity contribution in [2.45, 2.75) is 26.5 Å². The molecule has 1 heterocycles. The van der Waals surface area contributed by atoms with Crippen molar-refractivity contribution in [3.05, 3.63) is 34.9 Å². The molecule has 0 spiro atoms. The monoisotopic (exact) mass is 250 g/mol. The molecule has 17 heavy (non-hydrogen) atoms. The smallest absolute Gasteiger partial charge is 0.185 e. The van der Waals surface area contributed by atoms with E-state index >= 15 is 0 Å². The van der Waals surface area contributed by atoms with Crippen molar-refractivity contribution in [1.82, 2.24) is 4.98 Å². The highest BCUT2D eigenvalue weighted by Gasteiger charge is 2.34. The van der Waals surface area contributed by atoms with Crippen molar-refractivity contribution in [2.75, 3.05) is 12.4 Å². The lowest BCUT2D eigenvalue weighted by Crippen LogP contribution is -2.44. The van der Waals surface area contributed by atoms with E-state index in [1.54, 1.807) is 18.4 Å². The first-order chi connectivity index (χ1) is 8.07. The quantitative estimate of drug-likeness (QED) is 0.836. The van der Waals surface area contributed by atoms with Gasteiger partial charge in [-0.25, -0.2) is 4.98 Å². The van der Waals surface area contributed by atoms with Gasteiger partial charge in [-0.3, -0.25) is 0 Å². The number of aromatic nitrogens is 1. The summed E-state index contributed by atoms with van der Waals surface area (Å²) < 4.78 is 5.66. The Bertz CT molecular complexity index is 444. The molecule has 2 atom stereocenters. The minimum Gasteiger partial charge on any atom is -0.355 e. The normalized spacial score (nSPS) is 27.4. The van der Waals surface area contributed by atoms with Crippen LogP contribution in [0.15, 0.2) is 24.3 Å². The molecule has 0 fully saturated rings. The average Bonchev–Trinajstić information content (AvgIpc) is 2.61. The van der Waals surface area contributed by atoms with E-state index in [0.29, 0.717) is 0 Å². The van der Waals surface area contributed by atoms with E-state index < -0.39 is 5.72 Å². The molecule has 92 valence electrons. The fourth-order valence-corrected chi connectivity index (χ4v) is 2.75. The summed E-state index contributed by atoms with van der Waals surface area (Å²) in [5.41, 5.74) is 0.595. The van der Waals surface area contributed by atoms with Gasteiger partial charge in [0, 0.05) is 17.9 Å². The fourth-order valence-electron chi connectivity index (χ4n) is 1.88. The molecule has 1 aliphatic carbocycles. The molecule has 0 aromatic carbocycles. The van der Waals surface area contributed by atoms with Gasteiger partial charge in [-0.15, -0.1) is 11.3 Å². The van der Waals surface area contributed by atoms with Gasteiger partial charge in [0.25, 0.3) is 0 Å². The van der Waals surface area contributed by atoms with E-state index in [2.05, 4.69) is 30.2 Å². The van der Waals surface area contributed by atoms with Crippen LogP contribution in [0.3, 0.4) is 0 Å². The van der Waals surface area contributed by atoms with E-state index in [0.717, 1.165) is 10.8 Å². The summed E-state index contributed by atoms with van der Waals surface area (Å²) in [6.07, 6.45) is 8.22.